The normalized spacial score (nSPS) is 10.0. The highest BCUT2D eigenvalue weighted by atomic mass is 79.9. The molecule has 0 N–H and O–H groups in total. The van der Waals surface area contributed by atoms with Gasteiger partial charge in [0.05, 0.1) is 17.6 Å². The minimum absolute atomic E-state index is 0.153. The molecule has 1 amide bonds. The van der Waals surface area contributed by atoms with E-state index in [0.717, 1.165) is 0 Å². The predicted octanol–water partition coefficient (Wildman–Crippen LogP) is 2.38. The van der Waals surface area contributed by atoms with Gasteiger partial charge in [0.1, 0.15) is 4.47 Å². The summed E-state index contributed by atoms with van der Waals surface area (Å²) in [6.07, 6.45) is 0.672. The SMILES string of the molecule is COC(=O)CCCN(C)C(=O)c1cccc([N+](=O)[O-])c1Br. The zero-order valence-electron chi connectivity index (χ0n) is 11.7. The highest BCUT2D eigenvalue weighted by molar-refractivity contribution is 9.10. The quantitative estimate of drug-likeness (QED) is 0.442. The number of esters is 1. The number of amides is 1. The molecule has 0 aliphatic carbocycles. The Labute approximate surface area is 130 Å². The molecule has 0 atom stereocenters. The summed E-state index contributed by atoms with van der Waals surface area (Å²) in [7, 11) is 2.88. The van der Waals surface area contributed by atoms with Gasteiger partial charge < -0.3 is 9.64 Å². The lowest BCUT2D eigenvalue weighted by Crippen LogP contribution is -2.28. The van der Waals surface area contributed by atoms with Crippen LogP contribution >= 0.6 is 15.9 Å². The van der Waals surface area contributed by atoms with Gasteiger partial charge in [0.25, 0.3) is 11.6 Å². The van der Waals surface area contributed by atoms with Gasteiger partial charge >= 0.3 is 5.97 Å². The molecule has 1 aromatic rings. The van der Waals surface area contributed by atoms with E-state index in [2.05, 4.69) is 20.7 Å². The van der Waals surface area contributed by atoms with Gasteiger partial charge in [0.15, 0.2) is 0 Å². The van der Waals surface area contributed by atoms with Gasteiger partial charge in [-0.05, 0) is 28.4 Å². The first-order valence-electron chi connectivity index (χ1n) is 6.13. The summed E-state index contributed by atoms with van der Waals surface area (Å²) in [6, 6.07) is 4.28. The van der Waals surface area contributed by atoms with Gasteiger partial charge in [-0.15, -0.1) is 0 Å². The maximum absolute atomic E-state index is 12.2. The summed E-state index contributed by atoms with van der Waals surface area (Å²) in [6.45, 7) is 0.350. The van der Waals surface area contributed by atoms with Crippen LogP contribution in [0.15, 0.2) is 22.7 Å². The van der Waals surface area contributed by atoms with Crippen LogP contribution in [0.2, 0.25) is 0 Å². The third kappa shape index (κ3) is 4.52. The number of hydrogen-bond acceptors (Lipinski definition) is 5. The van der Waals surface area contributed by atoms with Gasteiger partial charge in [-0.2, -0.15) is 0 Å². The predicted molar refractivity (Wildman–Crippen MR) is 79.0 cm³/mol. The van der Waals surface area contributed by atoms with Gasteiger partial charge in [-0.3, -0.25) is 19.7 Å². The van der Waals surface area contributed by atoms with E-state index in [9.17, 15) is 19.7 Å². The summed E-state index contributed by atoms with van der Waals surface area (Å²) >= 11 is 3.09. The summed E-state index contributed by atoms with van der Waals surface area (Å²) in [5.41, 5.74) is 0.0496. The number of rotatable bonds is 6. The van der Waals surface area contributed by atoms with Gasteiger partial charge in [-0.1, -0.05) is 6.07 Å². The van der Waals surface area contributed by atoms with Crippen molar-refractivity contribution < 1.29 is 19.2 Å². The molecule has 114 valence electrons. The van der Waals surface area contributed by atoms with Crippen LogP contribution in [0.4, 0.5) is 5.69 Å². The molecule has 0 saturated carbocycles. The Hall–Kier alpha value is -1.96. The number of hydrogen-bond donors (Lipinski definition) is 0. The fourth-order valence-corrected chi connectivity index (χ4v) is 2.27. The minimum Gasteiger partial charge on any atom is -0.469 e. The van der Waals surface area contributed by atoms with Gasteiger partial charge in [0, 0.05) is 26.1 Å². The fourth-order valence-electron chi connectivity index (χ4n) is 1.70. The lowest BCUT2D eigenvalue weighted by atomic mass is 10.1. The molecule has 0 heterocycles. The van der Waals surface area contributed by atoms with Crippen molar-refractivity contribution in [2.45, 2.75) is 12.8 Å². The number of carbonyl (C=O) groups is 2. The van der Waals surface area contributed by atoms with Crippen LogP contribution in [0.3, 0.4) is 0 Å². The molecule has 8 heteroatoms. The number of carbonyl (C=O) groups excluding carboxylic acids is 2. The Bertz CT molecular complexity index is 561. The van der Waals surface area contributed by atoms with Crippen LogP contribution < -0.4 is 0 Å². The Balaban J connectivity index is 2.77. The molecule has 0 spiro atoms. The van der Waals surface area contributed by atoms with E-state index >= 15 is 0 Å². The monoisotopic (exact) mass is 358 g/mol. The number of nitro benzene ring substituents is 1. The second kappa shape index (κ2) is 7.72. The van der Waals surface area contributed by atoms with Crippen molar-refractivity contribution in [1.29, 1.82) is 0 Å². The molecule has 0 aliphatic rings. The van der Waals surface area contributed by atoms with Crippen molar-refractivity contribution in [2.75, 3.05) is 20.7 Å². The molecule has 0 saturated heterocycles. The summed E-state index contributed by atoms with van der Waals surface area (Å²) < 4.78 is 4.67. The van der Waals surface area contributed by atoms with E-state index in [0.29, 0.717) is 13.0 Å². The Morgan fingerprint density at radius 3 is 2.67 bits per heavy atom. The van der Waals surface area contributed by atoms with Crippen LogP contribution in [0.1, 0.15) is 23.2 Å². The van der Waals surface area contributed by atoms with E-state index in [-0.39, 0.29) is 34.0 Å². The maximum Gasteiger partial charge on any atom is 0.305 e. The first-order valence-corrected chi connectivity index (χ1v) is 6.93. The number of halogens is 1. The Morgan fingerprint density at radius 2 is 2.10 bits per heavy atom. The van der Waals surface area contributed by atoms with Gasteiger partial charge in [0.2, 0.25) is 0 Å². The summed E-state index contributed by atoms with van der Waals surface area (Å²) in [4.78, 5) is 34.9. The molecular weight excluding hydrogens is 344 g/mol. The van der Waals surface area contributed by atoms with Gasteiger partial charge in [-0.25, -0.2) is 0 Å². The first kappa shape index (κ1) is 17.1. The highest BCUT2D eigenvalue weighted by Crippen LogP contribution is 2.28. The van der Waals surface area contributed by atoms with Crippen LogP contribution in [-0.4, -0.2) is 42.4 Å². The van der Waals surface area contributed by atoms with Crippen LogP contribution in [0, 0.1) is 10.1 Å². The van der Waals surface area contributed by atoms with Crippen molar-refractivity contribution in [3.05, 3.63) is 38.3 Å². The van der Waals surface area contributed by atoms with E-state index in [1.54, 1.807) is 7.05 Å². The number of nitrogens with zero attached hydrogens (tertiary/aromatic N) is 2. The molecule has 21 heavy (non-hydrogen) atoms. The minimum atomic E-state index is -0.557. The van der Waals surface area contributed by atoms with Crippen molar-refractivity contribution in [2.24, 2.45) is 0 Å². The number of nitro groups is 1. The Kier molecular flexibility index (Phi) is 6.29. The lowest BCUT2D eigenvalue weighted by molar-refractivity contribution is -0.385. The highest BCUT2D eigenvalue weighted by Gasteiger charge is 2.21. The van der Waals surface area contributed by atoms with Crippen molar-refractivity contribution in [3.63, 3.8) is 0 Å². The topological polar surface area (TPSA) is 89.8 Å². The third-order valence-corrected chi connectivity index (χ3v) is 3.69. The molecule has 0 unspecified atom stereocenters. The van der Waals surface area contributed by atoms with E-state index < -0.39 is 4.92 Å². The van der Waals surface area contributed by atoms with E-state index in [4.69, 9.17) is 0 Å². The molecule has 7 nitrogen and oxygen atoms in total. The average Bonchev–Trinajstić information content (AvgIpc) is 2.46. The number of benzene rings is 1. The molecule has 0 aromatic heterocycles. The fraction of sp³-hybridized carbons (Fsp3) is 0.385. The molecule has 1 rings (SSSR count). The second-order valence-electron chi connectivity index (χ2n) is 4.30. The smallest absolute Gasteiger partial charge is 0.305 e. The third-order valence-electron chi connectivity index (χ3n) is 2.85. The molecule has 0 fully saturated rings. The average molecular weight is 359 g/mol. The second-order valence-corrected chi connectivity index (χ2v) is 5.10. The molecular formula is C13H15BrN2O5. The van der Waals surface area contributed by atoms with Crippen LogP contribution in [-0.2, 0) is 9.53 Å². The molecule has 1 aromatic carbocycles. The first-order chi connectivity index (χ1) is 9.88. The molecule has 0 radical (unpaired) electrons. The van der Waals surface area contributed by atoms with E-state index in [1.807, 2.05) is 0 Å². The largest absolute Gasteiger partial charge is 0.469 e. The van der Waals surface area contributed by atoms with Crippen molar-refractivity contribution >= 4 is 33.5 Å². The van der Waals surface area contributed by atoms with Crippen molar-refractivity contribution in [3.8, 4) is 0 Å². The number of methoxy groups -OCH3 is 1. The van der Waals surface area contributed by atoms with E-state index in [1.165, 1.54) is 30.2 Å². The van der Waals surface area contributed by atoms with Crippen LogP contribution in [0.25, 0.3) is 0 Å². The molecule has 0 aliphatic heterocycles. The summed E-state index contributed by atoms with van der Waals surface area (Å²) in [5.74, 6) is -0.692. The number of ether oxygens (including phenoxy) is 1. The zero-order chi connectivity index (χ0) is 16.0. The summed E-state index contributed by atoms with van der Waals surface area (Å²) in [5, 5.41) is 10.8. The lowest BCUT2D eigenvalue weighted by Gasteiger charge is -2.17. The van der Waals surface area contributed by atoms with Crippen LogP contribution in [0.5, 0.6) is 0 Å². The standard InChI is InChI=1S/C13H15BrN2O5/c1-15(8-4-7-11(17)21-2)13(18)9-5-3-6-10(12(9)14)16(19)20/h3,5-6H,4,7-8H2,1-2H3. The Morgan fingerprint density at radius 1 is 1.43 bits per heavy atom. The van der Waals surface area contributed by atoms with Crippen molar-refractivity contribution in [1.82, 2.24) is 4.90 Å². The molecule has 0 bridgehead atoms. The zero-order valence-corrected chi connectivity index (χ0v) is 13.3. The maximum atomic E-state index is 12.2.